The molecule has 0 aromatic rings. The molecule has 11 nitrogen and oxygen atoms in total. The number of aliphatic carboxylic acids is 4. The molecular weight excluding hydrogens is 316 g/mol. The van der Waals surface area contributed by atoms with E-state index < -0.39 is 23.9 Å². The maximum Gasteiger partial charge on any atom is 0.300 e. The molecule has 0 spiro atoms. The lowest BCUT2D eigenvalue weighted by Crippen LogP contribution is -2.11. The van der Waals surface area contributed by atoms with E-state index in [0.29, 0.717) is 13.1 Å². The molecule has 0 radical (unpaired) electrons. The summed E-state index contributed by atoms with van der Waals surface area (Å²) < 4.78 is 4.50. The van der Waals surface area contributed by atoms with Crippen LogP contribution in [0.25, 0.3) is 0 Å². The molecule has 23 heavy (non-hydrogen) atoms. The highest BCUT2D eigenvalue weighted by atomic mass is 16.6. The largest absolute Gasteiger partial charge is 0.481 e. The Hall–Kier alpha value is -2.24. The Kier molecular flexibility index (Phi) is 45.3. The van der Waals surface area contributed by atoms with Crippen LogP contribution in [0, 0.1) is 0 Å². The lowest BCUT2D eigenvalue weighted by molar-refractivity contribution is -0.135. The number of nitrogens with two attached hydrogens (primary N) is 2. The molecule has 1 aliphatic rings. The number of carboxylic acids is 4. The van der Waals surface area contributed by atoms with E-state index in [1.165, 1.54) is 0 Å². The fourth-order valence-electron chi connectivity index (χ4n) is 0. The molecule has 1 aliphatic heterocycles. The molecular formula is C12H28N2O9. The van der Waals surface area contributed by atoms with Gasteiger partial charge in [0.05, 0.1) is 13.2 Å². The third-order valence-electron chi connectivity index (χ3n) is 0.371. The lowest BCUT2D eigenvalue weighted by Gasteiger charge is -1.72. The summed E-state index contributed by atoms with van der Waals surface area (Å²) in [6.07, 6.45) is 0. The van der Waals surface area contributed by atoms with Gasteiger partial charge in [0.1, 0.15) is 0 Å². The fourth-order valence-corrected chi connectivity index (χ4v) is 0. The minimum absolute atomic E-state index is 0.597. The Balaban J connectivity index is -0.0000000564. The molecule has 0 amide bonds. The zero-order valence-electron chi connectivity index (χ0n) is 13.8. The predicted molar refractivity (Wildman–Crippen MR) is 82.2 cm³/mol. The van der Waals surface area contributed by atoms with Gasteiger partial charge in [0, 0.05) is 40.8 Å². The summed E-state index contributed by atoms with van der Waals surface area (Å²) in [6.45, 7) is 7.53. The van der Waals surface area contributed by atoms with Crippen molar-refractivity contribution in [3.05, 3.63) is 0 Å². The molecule has 0 bridgehead atoms. The van der Waals surface area contributed by atoms with E-state index in [4.69, 9.17) is 51.1 Å². The van der Waals surface area contributed by atoms with Crippen LogP contribution >= 0.6 is 0 Å². The molecule has 1 fully saturated rings. The second kappa shape index (κ2) is 31.9. The van der Waals surface area contributed by atoms with E-state index in [-0.39, 0.29) is 0 Å². The van der Waals surface area contributed by atoms with E-state index in [2.05, 4.69) is 4.74 Å². The van der Waals surface area contributed by atoms with Crippen LogP contribution in [0.5, 0.6) is 0 Å². The van der Waals surface area contributed by atoms with Crippen molar-refractivity contribution in [3.63, 3.8) is 0 Å². The van der Waals surface area contributed by atoms with Gasteiger partial charge in [0.2, 0.25) is 0 Å². The van der Waals surface area contributed by atoms with Crippen molar-refractivity contribution in [1.82, 2.24) is 0 Å². The molecule has 0 aromatic carbocycles. The van der Waals surface area contributed by atoms with Gasteiger partial charge >= 0.3 is 0 Å². The van der Waals surface area contributed by atoms with Crippen LogP contribution in [-0.4, -0.2) is 70.6 Å². The van der Waals surface area contributed by atoms with Gasteiger partial charge in [-0.05, 0) is 0 Å². The van der Waals surface area contributed by atoms with Crippen molar-refractivity contribution in [3.8, 4) is 0 Å². The number of rotatable bonds is 1. The van der Waals surface area contributed by atoms with Gasteiger partial charge in [0.15, 0.2) is 0 Å². The van der Waals surface area contributed by atoms with Crippen molar-refractivity contribution in [2.24, 2.45) is 11.5 Å². The van der Waals surface area contributed by atoms with Crippen LogP contribution in [-0.2, 0) is 23.9 Å². The van der Waals surface area contributed by atoms with Crippen molar-refractivity contribution in [2.75, 3.05) is 26.3 Å². The molecule has 1 saturated heterocycles. The first-order valence-corrected chi connectivity index (χ1v) is 6.10. The molecule has 140 valence electrons. The van der Waals surface area contributed by atoms with Crippen LogP contribution in [0.2, 0.25) is 0 Å². The van der Waals surface area contributed by atoms with E-state index in [1.807, 2.05) is 0 Å². The molecule has 0 aromatic heterocycles. The normalized spacial score (nSPS) is 8.78. The monoisotopic (exact) mass is 344 g/mol. The van der Waals surface area contributed by atoms with E-state index in [0.717, 1.165) is 40.9 Å². The van der Waals surface area contributed by atoms with Crippen molar-refractivity contribution >= 4 is 23.9 Å². The van der Waals surface area contributed by atoms with E-state index in [1.54, 1.807) is 0 Å². The summed E-state index contributed by atoms with van der Waals surface area (Å²) in [5.41, 5.74) is 9.81. The highest BCUT2D eigenvalue weighted by Gasteiger charge is 1.94. The van der Waals surface area contributed by atoms with Crippen LogP contribution in [0.3, 0.4) is 0 Å². The molecule has 8 N–H and O–H groups in total. The molecule has 11 heteroatoms. The highest BCUT2D eigenvalue weighted by Crippen LogP contribution is 1.84. The van der Waals surface area contributed by atoms with Crippen LogP contribution in [0.1, 0.15) is 27.7 Å². The summed E-state index contributed by atoms with van der Waals surface area (Å²) in [5, 5.41) is 29.7. The second-order valence-electron chi connectivity index (χ2n) is 3.27. The van der Waals surface area contributed by atoms with Crippen LogP contribution in [0.4, 0.5) is 0 Å². The Morgan fingerprint density at radius 1 is 0.696 bits per heavy atom. The van der Waals surface area contributed by atoms with Gasteiger partial charge in [0.25, 0.3) is 23.9 Å². The Labute approximate surface area is 134 Å². The highest BCUT2D eigenvalue weighted by molar-refractivity contribution is 5.63. The zero-order valence-corrected chi connectivity index (χ0v) is 13.8. The van der Waals surface area contributed by atoms with Crippen molar-refractivity contribution < 1.29 is 44.3 Å². The van der Waals surface area contributed by atoms with Gasteiger partial charge in [-0.15, -0.1) is 0 Å². The molecule has 1 heterocycles. The van der Waals surface area contributed by atoms with Gasteiger partial charge < -0.3 is 36.6 Å². The molecule has 0 saturated carbocycles. The molecule has 0 aliphatic carbocycles. The standard InChI is InChI=1S/C2H8N2.4C2H4O2.C2H4O/c3-1-2-4;4*1-2(3)4;1-2-3-1/h1-4H2;4*1H3,(H,3,4);1-2H2. The average molecular weight is 344 g/mol. The lowest BCUT2D eigenvalue weighted by atomic mass is 10.7. The molecule has 1 rings (SSSR count). The number of epoxide rings is 1. The topological polar surface area (TPSA) is 214 Å². The Bertz CT molecular complexity index is 226. The Morgan fingerprint density at radius 2 is 0.783 bits per heavy atom. The quantitative estimate of drug-likeness (QED) is 0.326. The van der Waals surface area contributed by atoms with Gasteiger partial charge in [-0.1, -0.05) is 0 Å². The third-order valence-corrected chi connectivity index (χ3v) is 0.371. The summed E-state index contributed by atoms with van der Waals surface area (Å²) in [6, 6.07) is 0. The predicted octanol–water partition coefficient (Wildman–Crippen LogP) is -0.716. The Morgan fingerprint density at radius 3 is 0.783 bits per heavy atom. The third kappa shape index (κ3) is 108000. The van der Waals surface area contributed by atoms with Gasteiger partial charge in [-0.2, -0.15) is 0 Å². The summed E-state index contributed by atoms with van der Waals surface area (Å²) in [4.78, 5) is 36.0. The number of hydrogen-bond acceptors (Lipinski definition) is 7. The second-order valence-corrected chi connectivity index (χ2v) is 3.27. The maximum atomic E-state index is 9.00. The number of ether oxygens (including phenoxy) is 1. The first-order chi connectivity index (χ1) is 10.3. The van der Waals surface area contributed by atoms with Crippen LogP contribution < -0.4 is 11.5 Å². The summed E-state index contributed by atoms with van der Waals surface area (Å²) in [7, 11) is 0. The average Bonchev–Trinajstić information content (AvgIpc) is 3.12. The molecule has 0 atom stereocenters. The van der Waals surface area contributed by atoms with Gasteiger partial charge in [-0.3, -0.25) is 19.2 Å². The smallest absolute Gasteiger partial charge is 0.300 e. The summed E-state index contributed by atoms with van der Waals surface area (Å²) >= 11 is 0. The maximum absolute atomic E-state index is 9.00. The zero-order chi connectivity index (χ0) is 19.8. The van der Waals surface area contributed by atoms with E-state index in [9.17, 15) is 0 Å². The van der Waals surface area contributed by atoms with Crippen molar-refractivity contribution in [2.45, 2.75) is 27.7 Å². The summed E-state index contributed by atoms with van der Waals surface area (Å²) in [5.74, 6) is -3.33. The number of hydrogen-bond donors (Lipinski definition) is 6. The fraction of sp³-hybridized carbons (Fsp3) is 0.667. The number of carbonyl (C=O) groups is 4. The van der Waals surface area contributed by atoms with Crippen molar-refractivity contribution in [1.29, 1.82) is 0 Å². The van der Waals surface area contributed by atoms with E-state index >= 15 is 0 Å². The van der Waals surface area contributed by atoms with Gasteiger partial charge in [-0.25, -0.2) is 0 Å². The number of carboxylic acid groups (broad SMARTS) is 4. The SMILES string of the molecule is C1CO1.CC(=O)O.CC(=O)O.CC(=O)O.CC(=O)O.NCCN. The first kappa shape index (κ1) is 32.6. The minimum atomic E-state index is -0.833. The molecule has 0 unspecified atom stereocenters. The minimum Gasteiger partial charge on any atom is -0.481 e. The first-order valence-electron chi connectivity index (χ1n) is 6.10. The van der Waals surface area contributed by atoms with Crippen LogP contribution in [0.15, 0.2) is 0 Å².